The normalized spacial score (nSPS) is 9.50. The topological polar surface area (TPSA) is 73.9 Å². The van der Waals surface area contributed by atoms with Crippen LogP contribution in [0, 0.1) is 0 Å². The number of hydrogen-bond acceptors (Lipinski definition) is 2. The monoisotopic (exact) mass is 114 g/mol. The third-order valence-electron chi connectivity index (χ3n) is 0.355. The van der Waals surface area contributed by atoms with Gasteiger partial charge in [0.2, 0.25) is 0 Å². The zero-order valence-electron chi connectivity index (χ0n) is 3.79. The van der Waals surface area contributed by atoms with Gasteiger partial charge in [-0.2, -0.15) is 0 Å². The lowest BCUT2D eigenvalue weighted by atomic mass is 10.5. The third-order valence-corrected chi connectivity index (χ3v) is 0.355. The first-order valence-corrected chi connectivity index (χ1v) is 1.73. The highest BCUT2D eigenvalue weighted by atomic mass is 16.4. The summed E-state index contributed by atoms with van der Waals surface area (Å²) in [6, 6.07) is 0. The lowest BCUT2D eigenvalue weighted by Crippen LogP contribution is -1.88. The zero-order valence-corrected chi connectivity index (χ0v) is 3.79. The molecule has 4 heteroatoms. The van der Waals surface area contributed by atoms with Crippen molar-refractivity contribution in [1.82, 2.24) is 0 Å². The van der Waals surface area contributed by atoms with Gasteiger partial charge in [0.15, 0.2) is 0 Å². The summed E-state index contributed by atoms with van der Waals surface area (Å²) < 4.78 is 0. The predicted octanol–water partition coefficient (Wildman–Crippen LogP) is -0.543. The van der Waals surface area contributed by atoms with Gasteiger partial charge in [-0.1, -0.05) is 0 Å². The molecule has 0 aromatic carbocycles. The van der Waals surface area contributed by atoms with Crippen molar-refractivity contribution in [2.24, 2.45) is 0 Å². The number of carbonyl (C=O) groups excluding carboxylic acids is 2. The highest BCUT2D eigenvalue weighted by molar-refractivity contribution is 5.89. The summed E-state index contributed by atoms with van der Waals surface area (Å²) in [7, 11) is 0. The molecule has 0 fully saturated rings. The average molecular weight is 114 g/mol. The fourth-order valence-electron chi connectivity index (χ4n) is 0.136. The van der Waals surface area contributed by atoms with Gasteiger partial charge in [-0.15, -0.1) is 0 Å². The summed E-state index contributed by atoms with van der Waals surface area (Å²) in [6.45, 7) is 0. The van der Waals surface area contributed by atoms with E-state index in [0.29, 0.717) is 12.2 Å². The molecular formula is C4H2O4. The van der Waals surface area contributed by atoms with Crippen LogP contribution in [0.3, 0.4) is 0 Å². The maximum absolute atomic E-state index is 9.41. The van der Waals surface area contributed by atoms with Crippen LogP contribution in [0.4, 0.5) is 0 Å². The molecular weight excluding hydrogens is 112 g/mol. The van der Waals surface area contributed by atoms with E-state index < -0.39 is 11.9 Å². The van der Waals surface area contributed by atoms with E-state index in [-0.39, 0.29) is 0 Å². The van der Waals surface area contributed by atoms with Crippen LogP contribution < -0.4 is 0 Å². The molecule has 0 heterocycles. The maximum Gasteiger partial charge on any atom is 0.379 e. The van der Waals surface area contributed by atoms with Crippen LogP contribution >= 0.6 is 0 Å². The van der Waals surface area contributed by atoms with Crippen LogP contribution in [-0.2, 0) is 19.8 Å². The Labute approximate surface area is 45.1 Å². The standard InChI is InChI=1S/C4H2O4/c5-3(6)1-2-4(7)8/h1-2H/b2-1+. The van der Waals surface area contributed by atoms with Gasteiger partial charge in [-0.3, -0.25) is 0 Å². The van der Waals surface area contributed by atoms with Crippen LogP contribution in [0.25, 0.3) is 0 Å². The Balaban J connectivity index is 3.67. The fourth-order valence-corrected chi connectivity index (χ4v) is 0.136. The zero-order chi connectivity index (χ0) is 6.57. The molecule has 0 unspecified atom stereocenters. The highest BCUT2D eigenvalue weighted by Crippen LogP contribution is 1.72. The Hall–Kier alpha value is -1.32. The van der Waals surface area contributed by atoms with Crippen molar-refractivity contribution in [2.75, 3.05) is 0 Å². The van der Waals surface area contributed by atoms with Crippen molar-refractivity contribution in [2.45, 2.75) is 0 Å². The van der Waals surface area contributed by atoms with Gasteiger partial charge < -0.3 is 0 Å². The average Bonchev–Trinajstić information content (AvgIpc) is 1.61. The van der Waals surface area contributed by atoms with Gasteiger partial charge >= 0.3 is 11.9 Å². The van der Waals surface area contributed by atoms with Crippen molar-refractivity contribution < 1.29 is 19.8 Å². The SMILES string of the molecule is [O]C(=O)/C=C/C([O])=O. The van der Waals surface area contributed by atoms with E-state index in [1.54, 1.807) is 0 Å². The Morgan fingerprint density at radius 3 is 1.25 bits per heavy atom. The first-order valence-electron chi connectivity index (χ1n) is 1.73. The Kier molecular flexibility index (Phi) is 2.33. The van der Waals surface area contributed by atoms with Gasteiger partial charge in [-0.05, 0) is 0 Å². The van der Waals surface area contributed by atoms with Gasteiger partial charge in [-0.25, -0.2) is 19.8 Å². The number of hydrogen-bond donors (Lipinski definition) is 0. The molecule has 0 spiro atoms. The van der Waals surface area contributed by atoms with E-state index in [9.17, 15) is 19.8 Å². The van der Waals surface area contributed by atoms with Crippen molar-refractivity contribution in [1.29, 1.82) is 0 Å². The quantitative estimate of drug-likeness (QED) is 0.452. The Morgan fingerprint density at radius 1 is 0.875 bits per heavy atom. The van der Waals surface area contributed by atoms with Gasteiger partial charge in [0, 0.05) is 12.2 Å². The molecule has 0 aliphatic carbocycles. The van der Waals surface area contributed by atoms with Crippen LogP contribution in [0.2, 0.25) is 0 Å². The number of carbonyl (C=O) groups is 2. The van der Waals surface area contributed by atoms with Crippen LogP contribution in [-0.4, -0.2) is 11.9 Å². The molecule has 42 valence electrons. The minimum atomic E-state index is -1.55. The van der Waals surface area contributed by atoms with E-state index in [2.05, 4.69) is 0 Å². The summed E-state index contributed by atoms with van der Waals surface area (Å²) in [4.78, 5) is 18.8. The van der Waals surface area contributed by atoms with Gasteiger partial charge in [0.05, 0.1) is 0 Å². The number of rotatable bonds is 2. The summed E-state index contributed by atoms with van der Waals surface area (Å²) in [6.07, 6.45) is 0.769. The van der Waals surface area contributed by atoms with Crippen molar-refractivity contribution in [3.05, 3.63) is 12.2 Å². The lowest BCUT2D eigenvalue weighted by molar-refractivity contribution is -0.140. The van der Waals surface area contributed by atoms with E-state index in [1.165, 1.54) is 0 Å². The molecule has 2 radical (unpaired) electrons. The second-order valence-corrected chi connectivity index (χ2v) is 0.971. The largest absolute Gasteiger partial charge is 0.379 e. The van der Waals surface area contributed by atoms with E-state index >= 15 is 0 Å². The van der Waals surface area contributed by atoms with Gasteiger partial charge in [0.1, 0.15) is 0 Å². The molecule has 0 rings (SSSR count). The molecule has 0 saturated carbocycles. The molecule has 0 atom stereocenters. The summed E-state index contributed by atoms with van der Waals surface area (Å²) in [5.41, 5.74) is 0. The first-order chi connectivity index (χ1) is 3.63. The molecule has 0 N–H and O–H groups in total. The molecule has 0 aromatic heterocycles. The molecule has 0 aromatic rings. The predicted molar refractivity (Wildman–Crippen MR) is 20.5 cm³/mol. The van der Waals surface area contributed by atoms with Crippen molar-refractivity contribution in [3.8, 4) is 0 Å². The van der Waals surface area contributed by atoms with E-state index in [1.807, 2.05) is 0 Å². The minimum Gasteiger partial charge on any atom is -0.242 e. The van der Waals surface area contributed by atoms with Crippen LogP contribution in [0.1, 0.15) is 0 Å². The minimum absolute atomic E-state index is 0.384. The van der Waals surface area contributed by atoms with E-state index in [0.717, 1.165) is 0 Å². The second kappa shape index (κ2) is 2.79. The van der Waals surface area contributed by atoms with Crippen LogP contribution in [0.15, 0.2) is 12.2 Å². The second-order valence-electron chi connectivity index (χ2n) is 0.971. The smallest absolute Gasteiger partial charge is 0.242 e. The molecule has 0 aliphatic rings. The molecule has 0 saturated heterocycles. The summed E-state index contributed by atoms with van der Waals surface area (Å²) >= 11 is 0. The Bertz CT molecular complexity index is 119. The first kappa shape index (κ1) is 6.68. The lowest BCUT2D eigenvalue weighted by Gasteiger charge is -1.67. The van der Waals surface area contributed by atoms with E-state index in [4.69, 9.17) is 0 Å². The molecule has 4 nitrogen and oxygen atoms in total. The van der Waals surface area contributed by atoms with Crippen LogP contribution in [0.5, 0.6) is 0 Å². The van der Waals surface area contributed by atoms with Crippen molar-refractivity contribution in [3.63, 3.8) is 0 Å². The summed E-state index contributed by atoms with van der Waals surface area (Å²) in [5.74, 6) is -3.09. The molecule has 0 bridgehead atoms. The maximum atomic E-state index is 9.41. The fraction of sp³-hybridized carbons (Fsp3) is 0. The van der Waals surface area contributed by atoms with Gasteiger partial charge in [0.25, 0.3) is 0 Å². The molecule has 0 amide bonds. The molecule has 8 heavy (non-hydrogen) atoms. The highest BCUT2D eigenvalue weighted by Gasteiger charge is 1.92. The summed E-state index contributed by atoms with van der Waals surface area (Å²) in [5, 5.41) is 18.8. The van der Waals surface area contributed by atoms with Crippen molar-refractivity contribution >= 4 is 11.9 Å². The third kappa shape index (κ3) is 4.68. The Morgan fingerprint density at radius 2 is 1.12 bits per heavy atom. The molecule has 0 aliphatic heterocycles.